The zero-order valence-corrected chi connectivity index (χ0v) is 15.6. The molecule has 1 aromatic carbocycles. The summed E-state index contributed by atoms with van der Waals surface area (Å²) in [5.74, 6) is 0.929. The van der Waals surface area contributed by atoms with Crippen LogP contribution in [0.3, 0.4) is 0 Å². The Morgan fingerprint density at radius 3 is 2.75 bits per heavy atom. The fraction of sp³-hybridized carbons (Fsp3) is 0.235. The van der Waals surface area contributed by atoms with Crippen molar-refractivity contribution in [2.24, 2.45) is 0 Å². The first-order valence-corrected chi connectivity index (χ1v) is 9.58. The Bertz CT molecular complexity index is 881. The van der Waals surface area contributed by atoms with Gasteiger partial charge in [0.1, 0.15) is 20.7 Å². The first-order valence-electron chi connectivity index (χ1n) is 7.40. The normalized spacial score (nSPS) is 11.0. The third kappa shape index (κ3) is 3.55. The summed E-state index contributed by atoms with van der Waals surface area (Å²) in [6.45, 7) is 3.97. The molecule has 0 unspecified atom stereocenters. The quantitative estimate of drug-likeness (QED) is 0.350. The molecular formula is C17H15ClN2O2S2. The lowest BCUT2D eigenvalue weighted by Gasteiger charge is -2.03. The highest BCUT2D eigenvalue weighted by Gasteiger charge is 2.20. The number of ether oxygens (including phenoxy) is 1. The maximum atomic E-state index is 12.0. The van der Waals surface area contributed by atoms with Crippen LogP contribution in [-0.2, 0) is 10.5 Å². The van der Waals surface area contributed by atoms with Crippen LogP contribution in [0.25, 0.3) is 10.2 Å². The Kier molecular flexibility index (Phi) is 5.38. The molecule has 0 atom stereocenters. The van der Waals surface area contributed by atoms with E-state index in [1.165, 1.54) is 11.3 Å². The Morgan fingerprint density at radius 1 is 1.29 bits per heavy atom. The lowest BCUT2D eigenvalue weighted by atomic mass is 10.2. The van der Waals surface area contributed by atoms with Gasteiger partial charge in [0.05, 0.1) is 17.7 Å². The van der Waals surface area contributed by atoms with Crippen LogP contribution in [0.1, 0.15) is 28.0 Å². The van der Waals surface area contributed by atoms with E-state index in [1.54, 1.807) is 18.7 Å². The summed E-state index contributed by atoms with van der Waals surface area (Å²) < 4.78 is 5.09. The molecule has 0 fully saturated rings. The zero-order chi connectivity index (χ0) is 17.1. The monoisotopic (exact) mass is 378 g/mol. The van der Waals surface area contributed by atoms with Gasteiger partial charge in [-0.05, 0) is 31.5 Å². The summed E-state index contributed by atoms with van der Waals surface area (Å²) in [6, 6.07) is 10.0. The highest BCUT2D eigenvalue weighted by Crippen LogP contribution is 2.34. The van der Waals surface area contributed by atoms with Gasteiger partial charge in [0.25, 0.3) is 0 Å². The molecule has 7 heteroatoms. The van der Waals surface area contributed by atoms with Crippen molar-refractivity contribution in [2.75, 3.05) is 6.61 Å². The smallest absolute Gasteiger partial charge is 0.348 e. The van der Waals surface area contributed by atoms with Crippen molar-refractivity contribution < 1.29 is 9.53 Å². The van der Waals surface area contributed by atoms with Crippen LogP contribution in [0.15, 0.2) is 35.2 Å². The minimum atomic E-state index is -0.339. The van der Waals surface area contributed by atoms with Gasteiger partial charge in [-0.3, -0.25) is 0 Å². The molecule has 3 aromatic rings. The number of benzene rings is 1. The molecule has 0 amide bonds. The van der Waals surface area contributed by atoms with E-state index in [4.69, 9.17) is 16.3 Å². The van der Waals surface area contributed by atoms with Gasteiger partial charge in [0, 0.05) is 4.90 Å². The van der Waals surface area contributed by atoms with Gasteiger partial charge >= 0.3 is 5.97 Å². The van der Waals surface area contributed by atoms with Gasteiger partial charge in [-0.1, -0.05) is 29.8 Å². The Balaban J connectivity index is 1.90. The molecule has 0 aliphatic rings. The van der Waals surface area contributed by atoms with E-state index in [-0.39, 0.29) is 5.97 Å². The van der Waals surface area contributed by atoms with Crippen molar-refractivity contribution in [1.82, 2.24) is 9.97 Å². The molecule has 4 nitrogen and oxygen atoms in total. The number of hydrogen-bond donors (Lipinski definition) is 0. The number of aryl methyl sites for hydroxylation is 1. The number of carbonyl (C=O) groups is 1. The van der Waals surface area contributed by atoms with Crippen molar-refractivity contribution in [2.45, 2.75) is 24.5 Å². The minimum absolute atomic E-state index is 0.338. The summed E-state index contributed by atoms with van der Waals surface area (Å²) >= 11 is 9.29. The van der Waals surface area contributed by atoms with E-state index in [1.807, 2.05) is 37.3 Å². The predicted octanol–water partition coefficient (Wildman–Crippen LogP) is 5.12. The van der Waals surface area contributed by atoms with Gasteiger partial charge in [-0.15, -0.1) is 23.1 Å². The molecule has 0 radical (unpaired) electrons. The topological polar surface area (TPSA) is 52.1 Å². The number of nitrogens with zero attached hydrogens (tertiary/aromatic N) is 2. The van der Waals surface area contributed by atoms with Crippen molar-refractivity contribution in [3.63, 3.8) is 0 Å². The van der Waals surface area contributed by atoms with Crippen molar-refractivity contribution in [1.29, 1.82) is 0 Å². The Morgan fingerprint density at radius 2 is 2.04 bits per heavy atom. The van der Waals surface area contributed by atoms with E-state index in [0.29, 0.717) is 28.2 Å². The fourth-order valence-electron chi connectivity index (χ4n) is 2.25. The van der Waals surface area contributed by atoms with E-state index in [2.05, 4.69) is 9.97 Å². The maximum Gasteiger partial charge on any atom is 0.348 e. The Hall–Kier alpha value is -1.63. The molecule has 0 spiro atoms. The molecular weight excluding hydrogens is 364 g/mol. The number of esters is 1. The highest BCUT2D eigenvalue weighted by atomic mass is 35.5. The number of fused-ring (bicyclic) bond motifs is 1. The van der Waals surface area contributed by atoms with Gasteiger partial charge in [0.15, 0.2) is 0 Å². The fourth-order valence-corrected chi connectivity index (χ4v) is 4.50. The molecule has 24 heavy (non-hydrogen) atoms. The van der Waals surface area contributed by atoms with Crippen LogP contribution in [0, 0.1) is 6.92 Å². The second-order valence-corrected chi connectivity index (χ2v) is 7.40. The number of thioether (sulfide) groups is 1. The largest absolute Gasteiger partial charge is 0.462 e. The van der Waals surface area contributed by atoms with Gasteiger partial charge < -0.3 is 4.74 Å². The van der Waals surface area contributed by atoms with Crippen molar-refractivity contribution in [3.05, 3.63) is 51.7 Å². The van der Waals surface area contributed by atoms with Crippen LogP contribution in [0.4, 0.5) is 0 Å². The average molecular weight is 379 g/mol. The van der Waals surface area contributed by atoms with E-state index in [9.17, 15) is 4.79 Å². The highest BCUT2D eigenvalue weighted by molar-refractivity contribution is 7.98. The van der Waals surface area contributed by atoms with E-state index in [0.717, 1.165) is 20.7 Å². The van der Waals surface area contributed by atoms with Crippen LogP contribution >= 0.6 is 34.7 Å². The molecule has 124 valence electrons. The Labute approximate surface area is 153 Å². The third-order valence-electron chi connectivity index (χ3n) is 3.36. The minimum Gasteiger partial charge on any atom is -0.462 e. The molecule has 0 saturated heterocycles. The number of aromatic nitrogens is 2. The molecule has 2 aromatic heterocycles. The maximum absolute atomic E-state index is 12.0. The summed E-state index contributed by atoms with van der Waals surface area (Å²) in [5, 5.41) is 1.12. The second kappa shape index (κ2) is 7.51. The molecule has 0 aliphatic carbocycles. The zero-order valence-electron chi connectivity index (χ0n) is 13.2. The summed E-state index contributed by atoms with van der Waals surface area (Å²) in [5.41, 5.74) is 0.778. The molecule has 3 rings (SSSR count). The standard InChI is InChI=1S/C17H15ClN2O2S2/c1-3-22-17(21)14-10(2)13-15(18)19-12(20-16(13)24-14)9-23-11-7-5-4-6-8-11/h4-8H,3,9H2,1-2H3. The number of carbonyl (C=O) groups excluding carboxylic acids is 1. The third-order valence-corrected chi connectivity index (χ3v) is 5.81. The first-order chi connectivity index (χ1) is 11.6. The second-order valence-electron chi connectivity index (χ2n) is 4.99. The van der Waals surface area contributed by atoms with Crippen LogP contribution < -0.4 is 0 Å². The van der Waals surface area contributed by atoms with Crippen LogP contribution in [0.2, 0.25) is 5.15 Å². The number of halogens is 1. The van der Waals surface area contributed by atoms with Crippen molar-refractivity contribution in [3.8, 4) is 0 Å². The lowest BCUT2D eigenvalue weighted by Crippen LogP contribution is -2.03. The van der Waals surface area contributed by atoms with Gasteiger partial charge in [0.2, 0.25) is 0 Å². The van der Waals surface area contributed by atoms with Crippen molar-refractivity contribution >= 4 is 50.9 Å². The van der Waals surface area contributed by atoms with Crippen LogP contribution in [-0.4, -0.2) is 22.5 Å². The predicted molar refractivity (Wildman–Crippen MR) is 99.1 cm³/mol. The molecule has 0 saturated carbocycles. The van der Waals surface area contributed by atoms with E-state index < -0.39 is 0 Å². The SMILES string of the molecule is CCOC(=O)c1sc2nc(CSc3ccccc3)nc(Cl)c2c1C. The summed E-state index contributed by atoms with van der Waals surface area (Å²) in [7, 11) is 0. The number of rotatable bonds is 5. The summed E-state index contributed by atoms with van der Waals surface area (Å²) in [4.78, 5) is 23.4. The molecule has 0 N–H and O–H groups in total. The lowest BCUT2D eigenvalue weighted by molar-refractivity contribution is 0.0531. The van der Waals surface area contributed by atoms with Gasteiger partial charge in [-0.25, -0.2) is 14.8 Å². The number of thiophene rings is 1. The molecule has 0 aliphatic heterocycles. The van der Waals surface area contributed by atoms with E-state index >= 15 is 0 Å². The van der Waals surface area contributed by atoms with Crippen LogP contribution in [0.5, 0.6) is 0 Å². The summed E-state index contributed by atoms with van der Waals surface area (Å²) in [6.07, 6.45) is 0. The average Bonchev–Trinajstić information content (AvgIpc) is 2.91. The first kappa shape index (κ1) is 17.2. The van der Waals surface area contributed by atoms with Gasteiger partial charge in [-0.2, -0.15) is 0 Å². The molecule has 2 heterocycles. The number of hydrogen-bond acceptors (Lipinski definition) is 6. The molecule has 0 bridgehead atoms.